The number of aryl methyl sites for hydroxylation is 1. The van der Waals surface area contributed by atoms with E-state index in [2.05, 4.69) is 176 Å². The molecule has 0 aliphatic heterocycles. The van der Waals surface area contributed by atoms with Gasteiger partial charge in [-0.1, -0.05) is 152 Å². The number of fused-ring (bicyclic) bond motifs is 10. The van der Waals surface area contributed by atoms with Crippen molar-refractivity contribution >= 4 is 76.5 Å². The van der Waals surface area contributed by atoms with Crippen molar-refractivity contribution in [3.63, 3.8) is 0 Å². The molecule has 266 valence electrons. The fraction of sp³-hybridized carbons (Fsp3) is 0.0377. The third-order valence-electron chi connectivity index (χ3n) is 11.8. The highest BCUT2D eigenvalue weighted by Gasteiger charge is 2.24. The Bertz CT molecular complexity index is 3340. The van der Waals surface area contributed by atoms with Crippen LogP contribution >= 0.6 is 0 Å². The third kappa shape index (κ3) is 5.18. The van der Waals surface area contributed by atoms with Crippen LogP contribution < -0.4 is 0 Å². The zero-order valence-corrected chi connectivity index (χ0v) is 30.9. The molecular weight excluding hydrogens is 695 g/mol. The van der Waals surface area contributed by atoms with E-state index in [0.717, 1.165) is 46.3 Å². The lowest BCUT2D eigenvalue weighted by Gasteiger charge is -2.16. The second-order valence-electron chi connectivity index (χ2n) is 15.1. The monoisotopic (exact) mass is 727 g/mol. The minimum absolute atomic E-state index is 0.629. The summed E-state index contributed by atoms with van der Waals surface area (Å²) in [5, 5.41) is 13.1. The number of hydrogen-bond acceptors (Lipinski definition) is 4. The molecule has 1 aliphatic carbocycles. The minimum Gasteiger partial charge on any atom is -0.456 e. The number of nitrogens with zero attached hydrogens (tertiary/aromatic N) is 3. The van der Waals surface area contributed by atoms with Crippen molar-refractivity contribution in [2.45, 2.75) is 12.8 Å². The van der Waals surface area contributed by atoms with Crippen LogP contribution in [-0.4, -0.2) is 15.0 Å². The molecule has 0 unspecified atom stereocenters. The van der Waals surface area contributed by atoms with Gasteiger partial charge in [-0.25, -0.2) is 15.0 Å². The van der Waals surface area contributed by atoms with Crippen LogP contribution in [0.15, 0.2) is 174 Å². The van der Waals surface area contributed by atoms with Gasteiger partial charge < -0.3 is 4.42 Å². The summed E-state index contributed by atoms with van der Waals surface area (Å²) in [4.78, 5) is 15.8. The smallest absolute Gasteiger partial charge is 0.164 e. The highest BCUT2D eigenvalue weighted by molar-refractivity contribution is 6.10. The van der Waals surface area contributed by atoms with E-state index in [9.17, 15) is 0 Å². The molecule has 0 fully saturated rings. The first-order valence-corrected chi connectivity index (χ1v) is 19.6. The average Bonchev–Trinajstić information content (AvgIpc) is 3.66. The second-order valence-corrected chi connectivity index (χ2v) is 15.1. The molecule has 2 heterocycles. The summed E-state index contributed by atoms with van der Waals surface area (Å²) in [6, 6.07) is 60.3. The van der Waals surface area contributed by atoms with Crippen LogP contribution in [0.25, 0.3) is 111 Å². The quantitative estimate of drug-likeness (QED) is 0.169. The summed E-state index contributed by atoms with van der Waals surface area (Å²) in [5.74, 6) is 2.80. The Labute approximate surface area is 328 Å². The van der Waals surface area contributed by atoms with Crippen molar-refractivity contribution in [3.8, 4) is 34.2 Å². The fourth-order valence-corrected chi connectivity index (χ4v) is 9.03. The summed E-state index contributed by atoms with van der Waals surface area (Å²) < 4.78 is 6.68. The lowest BCUT2D eigenvalue weighted by Crippen LogP contribution is -2.02. The van der Waals surface area contributed by atoms with E-state index >= 15 is 0 Å². The molecule has 0 saturated heterocycles. The summed E-state index contributed by atoms with van der Waals surface area (Å²) in [7, 11) is 0. The van der Waals surface area contributed by atoms with Gasteiger partial charge in [0.2, 0.25) is 0 Å². The Kier molecular flexibility index (Phi) is 7.02. The number of furan rings is 1. The van der Waals surface area contributed by atoms with Crippen LogP contribution in [0.5, 0.6) is 0 Å². The normalized spacial score (nSPS) is 12.9. The topological polar surface area (TPSA) is 51.8 Å². The van der Waals surface area contributed by atoms with Crippen molar-refractivity contribution in [1.29, 1.82) is 0 Å². The molecule has 9 aromatic carbocycles. The standard InChI is InChI=1S/C53H33N3O/c1-4-13-40-32(9-1)12-7-16-43(40)37-27-28-44-49(31-37)57-48-18-8-17-45(50(44)48)53-55-51(38-25-23-35-21-19-33-10-2-5-14-41(33)46(35)29-38)54-52(56-53)39-26-24-36-22-20-34-11-3-6-15-42(34)47(36)30-39/h1-26,29-31H,27-28H2. The van der Waals surface area contributed by atoms with Gasteiger partial charge in [-0.2, -0.15) is 0 Å². The predicted molar refractivity (Wildman–Crippen MR) is 236 cm³/mol. The zero-order chi connectivity index (χ0) is 37.5. The van der Waals surface area contributed by atoms with Crippen molar-refractivity contribution in [1.82, 2.24) is 15.0 Å². The summed E-state index contributed by atoms with van der Waals surface area (Å²) in [5.41, 5.74) is 7.42. The van der Waals surface area contributed by atoms with Gasteiger partial charge in [0.05, 0.1) is 0 Å². The average molecular weight is 728 g/mol. The maximum atomic E-state index is 6.68. The number of rotatable bonds is 4. The molecule has 0 spiro atoms. The van der Waals surface area contributed by atoms with E-state index in [4.69, 9.17) is 19.4 Å². The van der Waals surface area contributed by atoms with E-state index in [1.54, 1.807) is 0 Å². The molecular formula is C53H33N3O. The summed E-state index contributed by atoms with van der Waals surface area (Å²) in [6.07, 6.45) is 4.01. The molecule has 0 atom stereocenters. The van der Waals surface area contributed by atoms with E-state index in [-0.39, 0.29) is 0 Å². The van der Waals surface area contributed by atoms with Crippen LogP contribution in [0.2, 0.25) is 0 Å². The van der Waals surface area contributed by atoms with Crippen molar-refractivity contribution < 1.29 is 4.42 Å². The molecule has 11 aromatic rings. The first-order valence-electron chi connectivity index (χ1n) is 19.6. The van der Waals surface area contributed by atoms with Crippen LogP contribution in [0.4, 0.5) is 0 Å². The van der Waals surface area contributed by atoms with Crippen molar-refractivity contribution in [3.05, 3.63) is 187 Å². The molecule has 0 saturated carbocycles. The van der Waals surface area contributed by atoms with E-state index in [1.807, 2.05) is 0 Å². The Morgan fingerprint density at radius 3 is 1.53 bits per heavy atom. The van der Waals surface area contributed by atoms with Gasteiger partial charge in [0.15, 0.2) is 17.5 Å². The third-order valence-corrected chi connectivity index (χ3v) is 11.8. The van der Waals surface area contributed by atoms with E-state index < -0.39 is 0 Å². The maximum absolute atomic E-state index is 6.68. The molecule has 4 nitrogen and oxygen atoms in total. The number of hydrogen-bond donors (Lipinski definition) is 0. The minimum atomic E-state index is 0.629. The molecule has 0 radical (unpaired) electrons. The summed E-state index contributed by atoms with van der Waals surface area (Å²) >= 11 is 0. The molecule has 4 heteroatoms. The lowest BCUT2D eigenvalue weighted by atomic mass is 9.88. The van der Waals surface area contributed by atoms with Gasteiger partial charge in [0.25, 0.3) is 0 Å². The van der Waals surface area contributed by atoms with Crippen molar-refractivity contribution in [2.75, 3.05) is 0 Å². The Balaban J connectivity index is 1.07. The SMILES string of the molecule is C1=C(c2cccc3ccccc23)CCc2c1oc1cccc(-c3nc(-c4ccc5ccc6ccccc6c5c4)nc(-c4ccc5ccc6ccccc6c5c4)n3)c21. The Morgan fingerprint density at radius 1 is 0.386 bits per heavy atom. The summed E-state index contributed by atoms with van der Waals surface area (Å²) in [6.45, 7) is 0. The Hall–Kier alpha value is -7.43. The van der Waals surface area contributed by atoms with Gasteiger partial charge in [0, 0.05) is 27.6 Å². The van der Waals surface area contributed by atoms with Gasteiger partial charge >= 0.3 is 0 Å². The predicted octanol–water partition coefficient (Wildman–Crippen LogP) is 13.9. The van der Waals surface area contributed by atoms with E-state index in [1.165, 1.54) is 70.6 Å². The molecule has 57 heavy (non-hydrogen) atoms. The molecule has 12 rings (SSSR count). The van der Waals surface area contributed by atoms with Gasteiger partial charge in [-0.3, -0.25) is 0 Å². The van der Waals surface area contributed by atoms with Crippen LogP contribution in [0.3, 0.4) is 0 Å². The maximum Gasteiger partial charge on any atom is 0.164 e. The first-order chi connectivity index (χ1) is 28.2. The number of benzene rings is 9. The van der Waals surface area contributed by atoms with Crippen LogP contribution in [-0.2, 0) is 6.42 Å². The Morgan fingerprint density at radius 2 is 0.877 bits per heavy atom. The zero-order valence-electron chi connectivity index (χ0n) is 30.9. The second kappa shape index (κ2) is 12.6. The lowest BCUT2D eigenvalue weighted by molar-refractivity contribution is 0.596. The molecule has 0 amide bonds. The molecule has 0 N–H and O–H groups in total. The van der Waals surface area contributed by atoms with Gasteiger partial charge in [-0.05, 0) is 102 Å². The highest BCUT2D eigenvalue weighted by atomic mass is 16.3. The number of allylic oxidation sites excluding steroid dienone is 1. The van der Waals surface area contributed by atoms with Crippen LogP contribution in [0, 0.1) is 0 Å². The van der Waals surface area contributed by atoms with E-state index in [0.29, 0.717) is 17.5 Å². The molecule has 2 aromatic heterocycles. The van der Waals surface area contributed by atoms with Crippen molar-refractivity contribution in [2.24, 2.45) is 0 Å². The highest BCUT2D eigenvalue weighted by Crippen LogP contribution is 2.42. The fourth-order valence-electron chi connectivity index (χ4n) is 9.03. The molecule has 0 bridgehead atoms. The van der Waals surface area contributed by atoms with Gasteiger partial charge in [0.1, 0.15) is 11.3 Å². The van der Waals surface area contributed by atoms with Gasteiger partial charge in [-0.15, -0.1) is 0 Å². The van der Waals surface area contributed by atoms with Crippen LogP contribution in [0.1, 0.15) is 23.3 Å². The largest absolute Gasteiger partial charge is 0.456 e. The first kappa shape index (κ1) is 31.9. The molecule has 1 aliphatic rings. The number of aromatic nitrogens is 3.